The fourth-order valence-electron chi connectivity index (χ4n) is 1.31. The molecule has 0 saturated heterocycles. The highest BCUT2D eigenvalue weighted by Crippen LogP contribution is 2.21. The Bertz CT molecular complexity index is 341. The average Bonchev–Trinajstić information content (AvgIpc) is 2.28. The minimum atomic E-state index is -4.09. The van der Waals surface area contributed by atoms with Crippen LogP contribution in [0.2, 0.25) is 0 Å². The number of hydrogen-bond acceptors (Lipinski definition) is 1. The summed E-state index contributed by atoms with van der Waals surface area (Å²) in [6.45, 7) is 4.10. The summed E-state index contributed by atoms with van der Waals surface area (Å²) in [6.07, 6.45) is -3.14. The Morgan fingerprint density at radius 1 is 1.18 bits per heavy atom. The van der Waals surface area contributed by atoms with Crippen molar-refractivity contribution in [3.8, 4) is 0 Å². The molecule has 0 atom stereocenters. The zero-order chi connectivity index (χ0) is 12.7. The Labute approximate surface area is 98.9 Å². The molecule has 0 aliphatic heterocycles. The van der Waals surface area contributed by atoms with Crippen molar-refractivity contribution in [2.45, 2.75) is 25.6 Å². The predicted molar refractivity (Wildman–Crippen MR) is 61.5 cm³/mol. The normalized spacial score (nSPS) is 11.5. The maximum atomic E-state index is 11.8. The molecule has 0 radical (unpaired) electrons. The molecule has 1 aromatic carbocycles. The molecule has 1 nitrogen and oxygen atoms in total. The standard InChI is InChI=1S/C13H15F3O/c1-2-11-4-6-12(7-5-11)10-17-9-3-8-13(14,15)16/h2,4-7H,1,3,8-10H2. The molecule has 0 N–H and O–H groups in total. The van der Waals surface area contributed by atoms with Gasteiger partial charge in [0.1, 0.15) is 0 Å². The lowest BCUT2D eigenvalue weighted by Gasteiger charge is -2.07. The topological polar surface area (TPSA) is 9.23 Å². The second-order valence-electron chi connectivity index (χ2n) is 3.72. The van der Waals surface area contributed by atoms with Gasteiger partial charge in [0, 0.05) is 13.0 Å². The Morgan fingerprint density at radius 3 is 2.35 bits per heavy atom. The third kappa shape index (κ3) is 6.12. The van der Waals surface area contributed by atoms with Gasteiger partial charge in [-0.05, 0) is 17.5 Å². The monoisotopic (exact) mass is 244 g/mol. The third-order valence-electron chi connectivity index (χ3n) is 2.23. The van der Waals surface area contributed by atoms with Crippen LogP contribution in [-0.2, 0) is 11.3 Å². The first-order chi connectivity index (χ1) is 8.01. The summed E-state index contributed by atoms with van der Waals surface area (Å²) >= 11 is 0. The molecule has 94 valence electrons. The van der Waals surface area contributed by atoms with E-state index >= 15 is 0 Å². The number of halogens is 3. The van der Waals surface area contributed by atoms with Crippen molar-refractivity contribution < 1.29 is 17.9 Å². The molecule has 0 spiro atoms. The largest absolute Gasteiger partial charge is 0.389 e. The van der Waals surface area contributed by atoms with Crippen molar-refractivity contribution in [3.05, 3.63) is 42.0 Å². The second-order valence-corrected chi connectivity index (χ2v) is 3.72. The Kier molecular flexibility index (Phi) is 5.22. The van der Waals surface area contributed by atoms with Gasteiger partial charge in [-0.2, -0.15) is 13.2 Å². The zero-order valence-electron chi connectivity index (χ0n) is 9.46. The van der Waals surface area contributed by atoms with Crippen LogP contribution in [0.1, 0.15) is 24.0 Å². The summed E-state index contributed by atoms with van der Waals surface area (Å²) in [5.74, 6) is 0. The number of benzene rings is 1. The number of alkyl halides is 3. The highest BCUT2D eigenvalue weighted by atomic mass is 19.4. The summed E-state index contributed by atoms with van der Waals surface area (Å²) in [4.78, 5) is 0. The first kappa shape index (κ1) is 13.8. The van der Waals surface area contributed by atoms with Crippen molar-refractivity contribution in [2.24, 2.45) is 0 Å². The van der Waals surface area contributed by atoms with Crippen LogP contribution in [0.25, 0.3) is 6.08 Å². The van der Waals surface area contributed by atoms with Crippen molar-refractivity contribution in [3.63, 3.8) is 0 Å². The van der Waals surface area contributed by atoms with Crippen LogP contribution >= 0.6 is 0 Å². The molecule has 0 saturated carbocycles. The van der Waals surface area contributed by atoms with Gasteiger partial charge in [-0.3, -0.25) is 0 Å². The molecule has 4 heteroatoms. The van der Waals surface area contributed by atoms with E-state index in [-0.39, 0.29) is 13.0 Å². The van der Waals surface area contributed by atoms with E-state index in [9.17, 15) is 13.2 Å². The highest BCUT2D eigenvalue weighted by Gasteiger charge is 2.25. The van der Waals surface area contributed by atoms with E-state index in [1.165, 1.54) is 0 Å². The van der Waals surface area contributed by atoms with Gasteiger partial charge in [0.25, 0.3) is 0 Å². The lowest BCUT2D eigenvalue weighted by molar-refractivity contribution is -0.138. The molecule has 0 amide bonds. The van der Waals surface area contributed by atoms with Crippen molar-refractivity contribution in [2.75, 3.05) is 6.61 Å². The van der Waals surface area contributed by atoms with Crippen LogP contribution in [0.15, 0.2) is 30.8 Å². The molecule has 1 aromatic rings. The summed E-state index contributed by atoms with van der Waals surface area (Å²) in [5, 5.41) is 0. The predicted octanol–water partition coefficient (Wildman–Crippen LogP) is 4.19. The number of ether oxygens (including phenoxy) is 1. The highest BCUT2D eigenvalue weighted by molar-refractivity contribution is 5.47. The van der Waals surface area contributed by atoms with Crippen LogP contribution < -0.4 is 0 Å². The van der Waals surface area contributed by atoms with Gasteiger partial charge in [-0.1, -0.05) is 36.9 Å². The lowest BCUT2D eigenvalue weighted by Crippen LogP contribution is -2.08. The lowest BCUT2D eigenvalue weighted by atomic mass is 10.1. The first-order valence-electron chi connectivity index (χ1n) is 5.37. The van der Waals surface area contributed by atoms with Gasteiger partial charge in [0.15, 0.2) is 0 Å². The minimum Gasteiger partial charge on any atom is -0.377 e. The Hall–Kier alpha value is -1.29. The SMILES string of the molecule is C=Cc1ccc(COCCCC(F)(F)F)cc1. The molecule has 0 aliphatic carbocycles. The quantitative estimate of drug-likeness (QED) is 0.682. The van der Waals surface area contributed by atoms with E-state index in [0.717, 1.165) is 11.1 Å². The minimum absolute atomic E-state index is 0.00818. The average molecular weight is 244 g/mol. The van der Waals surface area contributed by atoms with E-state index in [1.807, 2.05) is 24.3 Å². The van der Waals surface area contributed by atoms with E-state index < -0.39 is 12.6 Å². The van der Waals surface area contributed by atoms with Gasteiger partial charge in [0.2, 0.25) is 0 Å². The van der Waals surface area contributed by atoms with Gasteiger partial charge in [-0.15, -0.1) is 0 Å². The molecule has 0 heterocycles. The summed E-state index contributed by atoms with van der Waals surface area (Å²) < 4.78 is 40.6. The molecule has 0 aliphatic rings. The fourth-order valence-corrected chi connectivity index (χ4v) is 1.31. The van der Waals surface area contributed by atoms with Crippen LogP contribution in [0.4, 0.5) is 13.2 Å². The maximum Gasteiger partial charge on any atom is 0.389 e. The van der Waals surface area contributed by atoms with E-state index in [4.69, 9.17) is 4.74 Å². The molecule has 0 unspecified atom stereocenters. The fraction of sp³-hybridized carbons (Fsp3) is 0.385. The Balaban J connectivity index is 2.20. The van der Waals surface area contributed by atoms with Gasteiger partial charge < -0.3 is 4.74 Å². The molecule has 0 bridgehead atoms. The molecule has 17 heavy (non-hydrogen) atoms. The molecule has 0 fully saturated rings. The van der Waals surface area contributed by atoms with Crippen LogP contribution in [0.5, 0.6) is 0 Å². The maximum absolute atomic E-state index is 11.8. The van der Waals surface area contributed by atoms with Crippen molar-refractivity contribution in [1.82, 2.24) is 0 Å². The van der Waals surface area contributed by atoms with Crippen LogP contribution in [0, 0.1) is 0 Å². The second kappa shape index (κ2) is 6.45. The van der Waals surface area contributed by atoms with E-state index in [1.54, 1.807) is 6.08 Å². The zero-order valence-corrected chi connectivity index (χ0v) is 9.46. The molecular weight excluding hydrogens is 229 g/mol. The van der Waals surface area contributed by atoms with Gasteiger partial charge in [-0.25, -0.2) is 0 Å². The molecule has 0 aromatic heterocycles. The summed E-state index contributed by atoms with van der Waals surface area (Å²) in [7, 11) is 0. The van der Waals surface area contributed by atoms with Gasteiger partial charge >= 0.3 is 6.18 Å². The number of hydrogen-bond donors (Lipinski definition) is 0. The third-order valence-corrected chi connectivity index (χ3v) is 2.23. The summed E-state index contributed by atoms with van der Waals surface area (Å²) in [5.41, 5.74) is 1.95. The molecular formula is C13H15F3O. The van der Waals surface area contributed by atoms with Crippen LogP contribution in [-0.4, -0.2) is 12.8 Å². The smallest absolute Gasteiger partial charge is 0.377 e. The van der Waals surface area contributed by atoms with Crippen molar-refractivity contribution in [1.29, 1.82) is 0 Å². The van der Waals surface area contributed by atoms with Crippen molar-refractivity contribution >= 4 is 6.08 Å². The summed E-state index contributed by atoms with van der Waals surface area (Å²) in [6, 6.07) is 7.53. The first-order valence-corrected chi connectivity index (χ1v) is 5.37. The Morgan fingerprint density at radius 2 is 1.82 bits per heavy atom. The van der Waals surface area contributed by atoms with E-state index in [2.05, 4.69) is 6.58 Å². The van der Waals surface area contributed by atoms with E-state index in [0.29, 0.717) is 6.61 Å². The van der Waals surface area contributed by atoms with Gasteiger partial charge in [0.05, 0.1) is 6.61 Å². The molecule has 1 rings (SSSR count). The van der Waals surface area contributed by atoms with Crippen LogP contribution in [0.3, 0.4) is 0 Å². The number of rotatable bonds is 6.